The number of ether oxygens (including phenoxy) is 1. The minimum Gasteiger partial charge on any atom is -0.478 e. The summed E-state index contributed by atoms with van der Waals surface area (Å²) in [5, 5.41) is 8.65. The van der Waals surface area contributed by atoms with E-state index in [4.69, 9.17) is 33.0 Å². The highest BCUT2D eigenvalue weighted by molar-refractivity contribution is 6.35. The van der Waals surface area contributed by atoms with Gasteiger partial charge in [0.05, 0.1) is 10.6 Å². The topological polar surface area (TPSA) is 63.6 Å². The van der Waals surface area contributed by atoms with E-state index in [-0.39, 0.29) is 21.9 Å². The van der Waals surface area contributed by atoms with Crippen LogP contribution in [0.3, 0.4) is 0 Å². The lowest BCUT2D eigenvalue weighted by atomic mass is 10.0. The summed E-state index contributed by atoms with van der Waals surface area (Å²) in [4.78, 5) is 22.8. The molecule has 0 aliphatic rings. The van der Waals surface area contributed by atoms with Gasteiger partial charge in [-0.2, -0.15) is 0 Å². The molecule has 22 heavy (non-hydrogen) atoms. The number of carboxylic acids is 1. The Morgan fingerprint density at radius 2 is 1.82 bits per heavy atom. The Morgan fingerprint density at radius 1 is 1.14 bits per heavy atom. The van der Waals surface area contributed by atoms with Gasteiger partial charge < -0.3 is 9.84 Å². The van der Waals surface area contributed by atoms with Crippen molar-refractivity contribution in [2.24, 2.45) is 0 Å². The van der Waals surface area contributed by atoms with Crippen LogP contribution in [0.2, 0.25) is 5.02 Å². The van der Waals surface area contributed by atoms with E-state index < -0.39 is 23.1 Å². The standard InChI is InChI=1S/C15H9Cl2FO4/c16-11-7-8(22-14(17)15(20)21)5-6-9(11)13(19)10-3-1-2-4-12(10)18/h1-7,14H,(H,20,21). The zero-order chi connectivity index (χ0) is 16.3. The van der Waals surface area contributed by atoms with E-state index in [1.165, 1.54) is 42.5 Å². The summed E-state index contributed by atoms with van der Waals surface area (Å²) in [6.07, 6.45) is 0. The van der Waals surface area contributed by atoms with Gasteiger partial charge in [0.15, 0.2) is 5.78 Å². The zero-order valence-electron chi connectivity index (χ0n) is 10.9. The Balaban J connectivity index is 2.29. The van der Waals surface area contributed by atoms with E-state index in [0.717, 1.165) is 0 Å². The molecule has 1 unspecified atom stereocenters. The van der Waals surface area contributed by atoms with Crippen LogP contribution in [0.25, 0.3) is 0 Å². The van der Waals surface area contributed by atoms with Gasteiger partial charge >= 0.3 is 5.97 Å². The van der Waals surface area contributed by atoms with Crippen LogP contribution in [0, 0.1) is 5.82 Å². The molecule has 4 nitrogen and oxygen atoms in total. The molecule has 2 rings (SSSR count). The number of ketones is 1. The fourth-order valence-electron chi connectivity index (χ4n) is 1.71. The van der Waals surface area contributed by atoms with Gasteiger partial charge in [0, 0.05) is 5.56 Å². The number of hydrogen-bond acceptors (Lipinski definition) is 3. The van der Waals surface area contributed by atoms with Gasteiger partial charge in [-0.15, -0.1) is 0 Å². The van der Waals surface area contributed by atoms with E-state index in [2.05, 4.69) is 0 Å². The van der Waals surface area contributed by atoms with Crippen LogP contribution >= 0.6 is 23.2 Å². The second-order valence-electron chi connectivity index (χ2n) is 4.22. The SMILES string of the molecule is O=C(c1ccccc1F)c1ccc(OC(Cl)C(=O)O)cc1Cl. The molecular weight excluding hydrogens is 334 g/mol. The second-order valence-corrected chi connectivity index (χ2v) is 5.03. The van der Waals surface area contributed by atoms with Crippen molar-refractivity contribution in [1.82, 2.24) is 0 Å². The molecule has 0 aliphatic carbocycles. The van der Waals surface area contributed by atoms with Gasteiger partial charge in [-0.05, 0) is 30.3 Å². The quantitative estimate of drug-likeness (QED) is 0.664. The number of carbonyl (C=O) groups is 2. The second kappa shape index (κ2) is 6.77. The molecule has 1 atom stereocenters. The minimum atomic E-state index is -1.58. The number of benzene rings is 2. The van der Waals surface area contributed by atoms with Crippen molar-refractivity contribution in [3.63, 3.8) is 0 Å². The molecule has 2 aromatic rings. The maximum absolute atomic E-state index is 13.6. The molecule has 0 saturated heterocycles. The summed E-state index contributed by atoms with van der Waals surface area (Å²) in [7, 11) is 0. The molecule has 0 fully saturated rings. The van der Waals surface area contributed by atoms with Gasteiger partial charge in [0.1, 0.15) is 11.6 Å². The normalized spacial score (nSPS) is 11.8. The van der Waals surface area contributed by atoms with E-state index in [9.17, 15) is 14.0 Å². The first-order valence-corrected chi connectivity index (χ1v) is 6.84. The summed E-state index contributed by atoms with van der Waals surface area (Å²) < 4.78 is 18.5. The third-order valence-corrected chi connectivity index (χ3v) is 3.33. The maximum Gasteiger partial charge on any atom is 0.360 e. The first-order valence-electron chi connectivity index (χ1n) is 6.02. The number of aliphatic carboxylic acids is 1. The molecule has 0 spiro atoms. The first kappa shape index (κ1) is 16.3. The molecule has 7 heteroatoms. The fraction of sp³-hybridized carbons (Fsp3) is 0.0667. The summed E-state index contributed by atoms with van der Waals surface area (Å²) in [5.41, 5.74) is -1.62. The van der Waals surface area contributed by atoms with Crippen LogP contribution in [0.4, 0.5) is 4.39 Å². The third-order valence-electron chi connectivity index (χ3n) is 2.74. The summed E-state index contributed by atoms with van der Waals surface area (Å²) in [6, 6.07) is 9.41. The van der Waals surface area contributed by atoms with Crippen LogP contribution in [-0.2, 0) is 4.79 Å². The van der Waals surface area contributed by atoms with Gasteiger partial charge in [0.25, 0.3) is 5.56 Å². The van der Waals surface area contributed by atoms with Gasteiger partial charge in [-0.25, -0.2) is 9.18 Å². The molecule has 0 radical (unpaired) electrons. The van der Waals surface area contributed by atoms with Crippen LogP contribution in [0.15, 0.2) is 42.5 Å². The molecule has 0 aliphatic heterocycles. The average Bonchev–Trinajstić information content (AvgIpc) is 2.47. The largest absolute Gasteiger partial charge is 0.478 e. The summed E-state index contributed by atoms with van der Waals surface area (Å²) >= 11 is 11.4. The van der Waals surface area contributed by atoms with Crippen LogP contribution in [0.5, 0.6) is 5.75 Å². The highest BCUT2D eigenvalue weighted by Gasteiger charge is 2.19. The van der Waals surface area contributed by atoms with E-state index in [1.807, 2.05) is 0 Å². The van der Waals surface area contributed by atoms with Crippen LogP contribution in [0.1, 0.15) is 15.9 Å². The van der Waals surface area contributed by atoms with E-state index in [1.54, 1.807) is 0 Å². The Hall–Kier alpha value is -2.11. The fourth-order valence-corrected chi connectivity index (χ4v) is 2.07. The lowest BCUT2D eigenvalue weighted by molar-refractivity contribution is -0.141. The number of rotatable bonds is 5. The summed E-state index contributed by atoms with van der Waals surface area (Å²) in [6.45, 7) is 0. The van der Waals surface area contributed by atoms with Crippen LogP contribution in [-0.4, -0.2) is 22.4 Å². The van der Waals surface area contributed by atoms with E-state index >= 15 is 0 Å². The third kappa shape index (κ3) is 3.55. The molecular formula is C15H9Cl2FO4. The molecule has 2 aromatic carbocycles. The predicted molar refractivity (Wildman–Crippen MR) is 79.2 cm³/mol. The van der Waals surface area contributed by atoms with Crippen molar-refractivity contribution in [2.45, 2.75) is 5.56 Å². The van der Waals surface area contributed by atoms with Crippen molar-refractivity contribution in [2.75, 3.05) is 0 Å². The zero-order valence-corrected chi connectivity index (χ0v) is 12.4. The van der Waals surface area contributed by atoms with Crippen molar-refractivity contribution < 1.29 is 23.8 Å². The number of carbonyl (C=O) groups excluding carboxylic acids is 1. The van der Waals surface area contributed by atoms with Crippen molar-refractivity contribution in [3.8, 4) is 5.75 Å². The molecule has 0 bridgehead atoms. The number of halogens is 3. The highest BCUT2D eigenvalue weighted by atomic mass is 35.5. The Bertz CT molecular complexity index is 733. The maximum atomic E-state index is 13.6. The predicted octanol–water partition coefficient (Wildman–Crippen LogP) is 3.74. The monoisotopic (exact) mass is 342 g/mol. The minimum absolute atomic E-state index is 0.00000787. The molecule has 0 aromatic heterocycles. The highest BCUT2D eigenvalue weighted by Crippen LogP contribution is 2.26. The van der Waals surface area contributed by atoms with Gasteiger partial charge in [-0.3, -0.25) is 4.79 Å². The number of carboxylic acid groups (broad SMARTS) is 1. The lowest BCUT2D eigenvalue weighted by Crippen LogP contribution is -2.20. The lowest BCUT2D eigenvalue weighted by Gasteiger charge is -2.10. The molecule has 0 amide bonds. The van der Waals surface area contributed by atoms with E-state index in [0.29, 0.717) is 0 Å². The summed E-state index contributed by atoms with van der Waals surface area (Å²) in [5.74, 6) is -2.52. The Morgan fingerprint density at radius 3 is 2.41 bits per heavy atom. The molecule has 114 valence electrons. The Labute approximate surface area is 135 Å². The van der Waals surface area contributed by atoms with Crippen LogP contribution < -0.4 is 4.74 Å². The van der Waals surface area contributed by atoms with Crippen molar-refractivity contribution >= 4 is 35.0 Å². The van der Waals surface area contributed by atoms with Gasteiger partial charge in [0.2, 0.25) is 0 Å². The Kier molecular flexibility index (Phi) is 5.00. The number of alkyl halides is 1. The smallest absolute Gasteiger partial charge is 0.360 e. The van der Waals surface area contributed by atoms with Crippen molar-refractivity contribution in [3.05, 3.63) is 64.4 Å². The van der Waals surface area contributed by atoms with Gasteiger partial charge in [-0.1, -0.05) is 35.3 Å². The molecule has 1 N–H and O–H groups in total. The number of hydrogen-bond donors (Lipinski definition) is 1. The average molecular weight is 343 g/mol. The molecule has 0 heterocycles. The van der Waals surface area contributed by atoms with Crippen molar-refractivity contribution in [1.29, 1.82) is 0 Å². The first-order chi connectivity index (χ1) is 10.4. The molecule has 0 saturated carbocycles.